The molecule has 2 nitrogen and oxygen atoms in total. The minimum Gasteiger partial charge on any atom is -0.422 e. The molecule has 0 saturated carbocycles. The summed E-state index contributed by atoms with van der Waals surface area (Å²) in [5, 5.41) is 6.50. The first-order valence-electron chi connectivity index (χ1n) is 8.84. The van der Waals surface area contributed by atoms with Crippen molar-refractivity contribution in [2.24, 2.45) is 0 Å². The van der Waals surface area contributed by atoms with Crippen molar-refractivity contribution in [3.05, 3.63) is 78.4 Å². The number of ether oxygens (including phenoxy) is 1. The Bertz CT molecular complexity index is 1190. The fourth-order valence-corrected chi connectivity index (χ4v) is 3.58. The van der Waals surface area contributed by atoms with Crippen LogP contribution in [-0.2, 0) is 11.2 Å². The van der Waals surface area contributed by atoms with Crippen LogP contribution in [0.15, 0.2) is 72.8 Å². The van der Waals surface area contributed by atoms with Crippen molar-refractivity contribution in [2.75, 3.05) is 0 Å². The summed E-state index contributed by atoms with van der Waals surface area (Å²) in [4.78, 5) is 12.3. The molecule has 0 aliphatic rings. The van der Waals surface area contributed by atoms with Crippen molar-refractivity contribution in [2.45, 2.75) is 20.3 Å². The molecule has 128 valence electrons. The van der Waals surface area contributed by atoms with Gasteiger partial charge in [-0.1, -0.05) is 62.0 Å². The van der Waals surface area contributed by atoms with Gasteiger partial charge in [0.2, 0.25) is 0 Å². The smallest absolute Gasteiger partial charge is 0.338 e. The number of aryl methyl sites for hydroxylation is 1. The van der Waals surface area contributed by atoms with Gasteiger partial charge in [-0.2, -0.15) is 0 Å². The molecule has 4 aromatic rings. The number of carbonyl (C=O) groups excluding carboxylic acids is 1. The molecule has 0 fully saturated rings. The number of carbonyl (C=O) groups is 1. The van der Waals surface area contributed by atoms with Gasteiger partial charge in [0.25, 0.3) is 0 Å². The predicted octanol–water partition coefficient (Wildman–Crippen LogP) is 6.19. The van der Waals surface area contributed by atoms with E-state index in [1.54, 1.807) is 6.92 Å². The van der Waals surface area contributed by atoms with Crippen LogP contribution in [-0.4, -0.2) is 5.97 Å². The Labute approximate surface area is 152 Å². The van der Waals surface area contributed by atoms with E-state index >= 15 is 0 Å². The maximum atomic E-state index is 12.3. The quantitative estimate of drug-likeness (QED) is 0.192. The molecule has 26 heavy (non-hydrogen) atoms. The SMILES string of the molecule is C=C(C)C(=O)Oc1c2ccccc2c(CC)c2cc3ccccc3cc12. The standard InChI is InChI=1S/C24H20O2/c1-4-18-19-11-7-8-12-20(19)23(26-24(25)15(2)3)22-14-17-10-6-5-9-16(17)13-21(18)22/h5-14H,2,4H2,1,3H3. The number of benzene rings is 4. The van der Waals surface area contributed by atoms with Crippen molar-refractivity contribution in [3.63, 3.8) is 0 Å². The van der Waals surface area contributed by atoms with E-state index in [4.69, 9.17) is 4.74 Å². The van der Waals surface area contributed by atoms with Crippen LogP contribution in [0.1, 0.15) is 19.4 Å². The Morgan fingerprint density at radius 1 is 0.885 bits per heavy atom. The lowest BCUT2D eigenvalue weighted by atomic mass is 9.92. The summed E-state index contributed by atoms with van der Waals surface area (Å²) in [6.07, 6.45) is 0.907. The van der Waals surface area contributed by atoms with Crippen LogP contribution in [0.25, 0.3) is 32.3 Å². The van der Waals surface area contributed by atoms with Crippen molar-refractivity contribution >= 4 is 38.3 Å². The molecular formula is C24H20O2. The lowest BCUT2D eigenvalue weighted by Crippen LogP contribution is -2.09. The average molecular weight is 340 g/mol. The molecule has 0 aromatic heterocycles. The second-order valence-electron chi connectivity index (χ2n) is 6.62. The Morgan fingerprint density at radius 3 is 2.08 bits per heavy atom. The molecule has 0 amide bonds. The van der Waals surface area contributed by atoms with Crippen LogP contribution in [0.5, 0.6) is 5.75 Å². The van der Waals surface area contributed by atoms with Crippen molar-refractivity contribution in [3.8, 4) is 5.75 Å². The van der Waals surface area contributed by atoms with Crippen LogP contribution >= 0.6 is 0 Å². The highest BCUT2D eigenvalue weighted by Crippen LogP contribution is 2.40. The average Bonchev–Trinajstić information content (AvgIpc) is 2.66. The number of rotatable bonds is 3. The van der Waals surface area contributed by atoms with Gasteiger partial charge in [0.05, 0.1) is 0 Å². The Balaban J connectivity index is 2.18. The predicted molar refractivity (Wildman–Crippen MR) is 109 cm³/mol. The molecular weight excluding hydrogens is 320 g/mol. The van der Waals surface area contributed by atoms with Crippen LogP contribution in [0.3, 0.4) is 0 Å². The van der Waals surface area contributed by atoms with Gasteiger partial charge in [-0.25, -0.2) is 4.79 Å². The summed E-state index contributed by atoms with van der Waals surface area (Å²) in [5.74, 6) is 0.223. The van der Waals surface area contributed by atoms with E-state index in [0.29, 0.717) is 11.3 Å². The van der Waals surface area contributed by atoms with Crippen LogP contribution in [0.2, 0.25) is 0 Å². The number of hydrogen-bond donors (Lipinski definition) is 0. The highest BCUT2D eigenvalue weighted by atomic mass is 16.5. The van der Waals surface area contributed by atoms with Crippen molar-refractivity contribution in [1.82, 2.24) is 0 Å². The molecule has 0 atom stereocenters. The summed E-state index contributed by atoms with van der Waals surface area (Å²) in [6, 6.07) is 20.7. The van der Waals surface area contributed by atoms with Crippen LogP contribution in [0.4, 0.5) is 0 Å². The zero-order valence-corrected chi connectivity index (χ0v) is 15.0. The molecule has 2 heteroatoms. The van der Waals surface area contributed by atoms with Crippen LogP contribution in [0, 0.1) is 0 Å². The largest absolute Gasteiger partial charge is 0.422 e. The monoisotopic (exact) mass is 340 g/mol. The minimum atomic E-state index is -0.395. The van der Waals surface area contributed by atoms with E-state index in [-0.39, 0.29) is 0 Å². The molecule has 0 radical (unpaired) electrons. The second-order valence-corrected chi connectivity index (χ2v) is 6.62. The van der Waals surface area contributed by atoms with Gasteiger partial charge in [-0.3, -0.25) is 0 Å². The first-order chi connectivity index (χ1) is 12.6. The zero-order chi connectivity index (χ0) is 18.3. The number of esters is 1. The molecule has 0 N–H and O–H groups in total. The molecule has 0 bridgehead atoms. The summed E-state index contributed by atoms with van der Waals surface area (Å²) < 4.78 is 5.81. The van der Waals surface area contributed by atoms with Crippen LogP contribution < -0.4 is 4.74 Å². The summed E-state index contributed by atoms with van der Waals surface area (Å²) in [5.41, 5.74) is 1.67. The van der Waals surface area contributed by atoms with Gasteiger partial charge in [0.1, 0.15) is 5.75 Å². The molecule has 0 aliphatic heterocycles. The lowest BCUT2D eigenvalue weighted by molar-refractivity contribution is -0.129. The molecule has 4 rings (SSSR count). The first-order valence-corrected chi connectivity index (χ1v) is 8.84. The summed E-state index contributed by atoms with van der Waals surface area (Å²) in [6.45, 7) is 7.55. The maximum absolute atomic E-state index is 12.3. The molecule has 0 spiro atoms. The third kappa shape index (κ3) is 2.55. The fourth-order valence-electron chi connectivity index (χ4n) is 3.58. The van der Waals surface area contributed by atoms with Crippen molar-refractivity contribution in [1.29, 1.82) is 0 Å². The normalized spacial score (nSPS) is 11.2. The van der Waals surface area contributed by atoms with E-state index in [9.17, 15) is 4.79 Å². The first kappa shape index (κ1) is 16.3. The number of hydrogen-bond acceptors (Lipinski definition) is 2. The second kappa shape index (κ2) is 6.30. The van der Waals surface area contributed by atoms with Gasteiger partial charge in [0, 0.05) is 16.3 Å². The topological polar surface area (TPSA) is 26.3 Å². The van der Waals surface area contributed by atoms with Crippen molar-refractivity contribution < 1.29 is 9.53 Å². The molecule has 0 saturated heterocycles. The summed E-state index contributed by atoms with van der Waals surface area (Å²) >= 11 is 0. The molecule has 0 aliphatic carbocycles. The van der Waals surface area contributed by atoms with E-state index in [0.717, 1.165) is 33.4 Å². The van der Waals surface area contributed by atoms with Gasteiger partial charge in [0.15, 0.2) is 0 Å². The maximum Gasteiger partial charge on any atom is 0.338 e. The third-order valence-corrected chi connectivity index (χ3v) is 4.85. The van der Waals surface area contributed by atoms with E-state index < -0.39 is 5.97 Å². The zero-order valence-electron chi connectivity index (χ0n) is 15.0. The van der Waals surface area contributed by atoms with E-state index in [1.165, 1.54) is 10.9 Å². The van der Waals surface area contributed by atoms with E-state index in [2.05, 4.69) is 43.8 Å². The highest BCUT2D eigenvalue weighted by molar-refractivity contribution is 6.13. The highest BCUT2D eigenvalue weighted by Gasteiger charge is 2.17. The van der Waals surface area contributed by atoms with E-state index in [1.807, 2.05) is 30.3 Å². The van der Waals surface area contributed by atoms with Gasteiger partial charge >= 0.3 is 5.97 Å². The third-order valence-electron chi connectivity index (χ3n) is 4.85. The Hall–Kier alpha value is -3.13. The number of fused-ring (bicyclic) bond motifs is 3. The minimum absolute atomic E-state index is 0.391. The Kier molecular flexibility index (Phi) is 3.96. The summed E-state index contributed by atoms with van der Waals surface area (Å²) in [7, 11) is 0. The Morgan fingerprint density at radius 2 is 1.46 bits per heavy atom. The molecule has 0 heterocycles. The lowest BCUT2D eigenvalue weighted by Gasteiger charge is -2.16. The molecule has 0 unspecified atom stereocenters. The van der Waals surface area contributed by atoms with Gasteiger partial charge in [-0.05, 0) is 52.6 Å². The fraction of sp³-hybridized carbons (Fsp3) is 0.125. The molecule has 4 aromatic carbocycles. The van der Waals surface area contributed by atoms with Gasteiger partial charge in [-0.15, -0.1) is 0 Å². The van der Waals surface area contributed by atoms with Gasteiger partial charge < -0.3 is 4.74 Å².